The van der Waals surface area contributed by atoms with Crippen molar-refractivity contribution in [1.82, 2.24) is 0 Å². The average molecular weight is 310 g/mol. The molecule has 0 unspecified atom stereocenters. The smallest absolute Gasteiger partial charge is 0.133 e. The molecule has 1 saturated carbocycles. The molecule has 1 fully saturated rings. The number of benzene rings is 1. The van der Waals surface area contributed by atoms with Crippen LogP contribution in [0.4, 0.5) is 0 Å². The first-order valence-corrected chi connectivity index (χ1v) is 7.14. The third kappa shape index (κ3) is 2.62. The predicted octanol–water partition coefficient (Wildman–Crippen LogP) is 3.78. The van der Waals surface area contributed by atoms with Crippen LogP contribution >= 0.6 is 15.9 Å². The molecule has 0 atom stereocenters. The van der Waals surface area contributed by atoms with Crippen LogP contribution in [0.1, 0.15) is 31.7 Å². The molecule has 3 heteroatoms. The molecule has 0 amide bonds. The third-order valence-electron chi connectivity index (χ3n) is 3.72. The summed E-state index contributed by atoms with van der Waals surface area (Å²) in [5, 5.41) is 0. The molecule has 1 aromatic carbocycles. The fourth-order valence-corrected chi connectivity index (χ4v) is 2.86. The highest BCUT2D eigenvalue weighted by molar-refractivity contribution is 9.10. The molecule has 1 aliphatic rings. The summed E-state index contributed by atoms with van der Waals surface area (Å²) in [4.78, 5) is 0. The molecular weight excluding hydrogens is 290 g/mol. The molecule has 2 nitrogen and oxygen atoms in total. The molecule has 98 valence electrons. The Hall–Kier alpha value is -0.800. The van der Waals surface area contributed by atoms with Gasteiger partial charge in [0.15, 0.2) is 0 Å². The van der Waals surface area contributed by atoms with Crippen LogP contribution in [0.15, 0.2) is 34.8 Å². The van der Waals surface area contributed by atoms with Gasteiger partial charge < -0.3 is 10.5 Å². The van der Waals surface area contributed by atoms with Gasteiger partial charge in [0.1, 0.15) is 12.4 Å². The van der Waals surface area contributed by atoms with Crippen molar-refractivity contribution in [1.29, 1.82) is 0 Å². The molecule has 2 N–H and O–H groups in total. The lowest BCUT2D eigenvalue weighted by Gasteiger charge is -2.41. The summed E-state index contributed by atoms with van der Waals surface area (Å²) in [5.41, 5.74) is 8.47. The van der Waals surface area contributed by atoms with E-state index in [4.69, 9.17) is 10.5 Å². The second-order valence-corrected chi connectivity index (χ2v) is 6.08. The highest BCUT2D eigenvalue weighted by Gasteiger charge is 2.37. The van der Waals surface area contributed by atoms with Gasteiger partial charge in [0.05, 0.1) is 4.47 Å². The maximum Gasteiger partial charge on any atom is 0.133 e. The van der Waals surface area contributed by atoms with Crippen molar-refractivity contribution < 1.29 is 4.74 Å². The van der Waals surface area contributed by atoms with Gasteiger partial charge in [-0.2, -0.15) is 0 Å². The number of rotatable bonds is 5. The minimum absolute atomic E-state index is 0.204. The Bertz CT molecular complexity index is 446. The van der Waals surface area contributed by atoms with Gasteiger partial charge in [0.25, 0.3) is 0 Å². The fourth-order valence-electron chi connectivity index (χ4n) is 2.36. The van der Waals surface area contributed by atoms with E-state index in [0.717, 1.165) is 22.3 Å². The van der Waals surface area contributed by atoms with Gasteiger partial charge in [0, 0.05) is 12.0 Å². The van der Waals surface area contributed by atoms with Gasteiger partial charge in [-0.3, -0.25) is 0 Å². The third-order valence-corrected chi connectivity index (χ3v) is 4.34. The van der Waals surface area contributed by atoms with Crippen molar-refractivity contribution in [2.45, 2.75) is 31.6 Å². The zero-order valence-electron chi connectivity index (χ0n) is 10.8. The SMILES string of the molecule is C=C(C)COc1ccc(C2(CN)CCC2)cc1Br. The van der Waals surface area contributed by atoms with Crippen molar-refractivity contribution in [2.75, 3.05) is 13.2 Å². The molecule has 2 rings (SSSR count). The van der Waals surface area contributed by atoms with E-state index in [1.807, 2.05) is 13.0 Å². The standard InChI is InChI=1S/C15H20BrNO/c1-11(2)9-18-14-5-4-12(8-13(14)16)15(10-17)6-3-7-15/h4-5,8H,1,3,6-7,9-10,17H2,2H3. The van der Waals surface area contributed by atoms with E-state index in [9.17, 15) is 0 Å². The van der Waals surface area contributed by atoms with Crippen LogP contribution in [-0.2, 0) is 5.41 Å². The minimum Gasteiger partial charge on any atom is -0.488 e. The van der Waals surface area contributed by atoms with Crippen LogP contribution in [0.2, 0.25) is 0 Å². The monoisotopic (exact) mass is 309 g/mol. The zero-order valence-corrected chi connectivity index (χ0v) is 12.4. The topological polar surface area (TPSA) is 35.2 Å². The molecule has 0 radical (unpaired) electrons. The average Bonchev–Trinajstić information content (AvgIpc) is 2.27. The Morgan fingerprint density at radius 1 is 1.50 bits per heavy atom. The minimum atomic E-state index is 0.204. The zero-order chi connectivity index (χ0) is 13.2. The Labute approximate surface area is 117 Å². The van der Waals surface area contributed by atoms with E-state index in [-0.39, 0.29) is 5.41 Å². The first-order valence-electron chi connectivity index (χ1n) is 6.35. The molecule has 0 aromatic heterocycles. The van der Waals surface area contributed by atoms with Crippen molar-refractivity contribution >= 4 is 15.9 Å². The van der Waals surface area contributed by atoms with E-state index in [1.165, 1.54) is 24.8 Å². The Balaban J connectivity index is 2.16. The van der Waals surface area contributed by atoms with Gasteiger partial charge in [-0.1, -0.05) is 19.1 Å². The molecule has 0 saturated heterocycles. The summed E-state index contributed by atoms with van der Waals surface area (Å²) in [6.45, 7) is 7.08. The largest absolute Gasteiger partial charge is 0.488 e. The van der Waals surface area contributed by atoms with Crippen LogP contribution < -0.4 is 10.5 Å². The number of hydrogen-bond donors (Lipinski definition) is 1. The molecule has 1 aromatic rings. The molecule has 0 heterocycles. The van der Waals surface area contributed by atoms with E-state index >= 15 is 0 Å². The number of nitrogens with two attached hydrogens (primary N) is 1. The summed E-state index contributed by atoms with van der Waals surface area (Å²) in [6, 6.07) is 6.32. The van der Waals surface area contributed by atoms with E-state index < -0.39 is 0 Å². The predicted molar refractivity (Wildman–Crippen MR) is 79.0 cm³/mol. The molecule has 0 bridgehead atoms. The van der Waals surface area contributed by atoms with Crippen LogP contribution in [0, 0.1) is 0 Å². The lowest BCUT2D eigenvalue weighted by Crippen LogP contribution is -2.41. The number of halogens is 1. The second-order valence-electron chi connectivity index (χ2n) is 5.23. The highest BCUT2D eigenvalue weighted by atomic mass is 79.9. The molecule has 0 aliphatic heterocycles. The van der Waals surface area contributed by atoms with Crippen molar-refractivity contribution in [2.24, 2.45) is 5.73 Å². The Morgan fingerprint density at radius 3 is 2.67 bits per heavy atom. The maximum atomic E-state index is 5.93. The first-order chi connectivity index (χ1) is 8.57. The van der Waals surface area contributed by atoms with Gasteiger partial charge in [0.2, 0.25) is 0 Å². The molecule has 1 aliphatic carbocycles. The summed E-state index contributed by atoms with van der Waals surface area (Å²) >= 11 is 3.58. The summed E-state index contributed by atoms with van der Waals surface area (Å²) in [5.74, 6) is 0.869. The normalized spacial score (nSPS) is 17.1. The maximum absolute atomic E-state index is 5.93. The van der Waals surface area contributed by atoms with Crippen LogP contribution in [-0.4, -0.2) is 13.2 Å². The van der Waals surface area contributed by atoms with Crippen molar-refractivity contribution in [3.05, 3.63) is 40.4 Å². The number of ether oxygens (including phenoxy) is 1. The number of hydrogen-bond acceptors (Lipinski definition) is 2. The van der Waals surface area contributed by atoms with Crippen molar-refractivity contribution in [3.63, 3.8) is 0 Å². The highest BCUT2D eigenvalue weighted by Crippen LogP contribution is 2.44. The second kappa shape index (κ2) is 5.45. The van der Waals surface area contributed by atoms with Gasteiger partial charge in [-0.25, -0.2) is 0 Å². The van der Waals surface area contributed by atoms with E-state index in [2.05, 4.69) is 34.6 Å². The molecule has 18 heavy (non-hydrogen) atoms. The van der Waals surface area contributed by atoms with Crippen molar-refractivity contribution in [3.8, 4) is 5.75 Å². The Morgan fingerprint density at radius 2 is 2.22 bits per heavy atom. The van der Waals surface area contributed by atoms with Crippen LogP contribution in [0.5, 0.6) is 5.75 Å². The van der Waals surface area contributed by atoms with Gasteiger partial charge in [-0.15, -0.1) is 0 Å². The lowest BCUT2D eigenvalue weighted by atomic mass is 9.64. The van der Waals surface area contributed by atoms with Crippen LogP contribution in [0.3, 0.4) is 0 Å². The lowest BCUT2D eigenvalue weighted by molar-refractivity contribution is 0.252. The quantitative estimate of drug-likeness (QED) is 0.840. The fraction of sp³-hybridized carbons (Fsp3) is 0.467. The van der Waals surface area contributed by atoms with Gasteiger partial charge in [-0.05, 0) is 59.0 Å². The summed E-state index contributed by atoms with van der Waals surface area (Å²) in [7, 11) is 0. The first kappa shape index (κ1) is 13.6. The summed E-state index contributed by atoms with van der Waals surface area (Å²) < 4.78 is 6.67. The van der Waals surface area contributed by atoms with E-state index in [1.54, 1.807) is 0 Å². The van der Waals surface area contributed by atoms with Gasteiger partial charge >= 0.3 is 0 Å². The van der Waals surface area contributed by atoms with E-state index in [0.29, 0.717) is 6.61 Å². The Kier molecular flexibility index (Phi) is 4.13. The molecule has 0 spiro atoms. The summed E-state index contributed by atoms with van der Waals surface area (Å²) in [6.07, 6.45) is 3.67. The molecular formula is C15H20BrNO. The van der Waals surface area contributed by atoms with Crippen LogP contribution in [0.25, 0.3) is 0 Å².